The average molecular weight is 413 g/mol. The molecule has 0 unspecified atom stereocenters. The standard InChI is InChI=1S/C21H24N4O3S/c26-19(22-13-16-7-6-12-28-16)15-29-21-23-17-8-2-3-9-18(17)25(21)14-20(27)24-10-4-1-5-11-24/h2-3,6-9,12H,1,4-5,10-11,13-15H2,(H,22,26). The summed E-state index contributed by atoms with van der Waals surface area (Å²) < 4.78 is 7.15. The van der Waals surface area contributed by atoms with E-state index in [1.54, 1.807) is 12.3 Å². The zero-order valence-electron chi connectivity index (χ0n) is 16.2. The van der Waals surface area contributed by atoms with Gasteiger partial charge in [0.05, 0.1) is 29.6 Å². The number of hydrogen-bond donors (Lipinski definition) is 1. The van der Waals surface area contributed by atoms with Crippen LogP contribution in [0, 0.1) is 0 Å². The number of rotatable bonds is 7. The Kier molecular flexibility index (Phi) is 6.19. The maximum absolute atomic E-state index is 12.8. The van der Waals surface area contributed by atoms with Crippen molar-refractivity contribution in [3.63, 3.8) is 0 Å². The minimum atomic E-state index is -0.104. The van der Waals surface area contributed by atoms with Crippen LogP contribution >= 0.6 is 11.8 Å². The molecule has 8 heteroatoms. The first-order valence-corrected chi connectivity index (χ1v) is 10.8. The van der Waals surface area contributed by atoms with E-state index < -0.39 is 0 Å². The lowest BCUT2D eigenvalue weighted by Crippen LogP contribution is -2.37. The van der Waals surface area contributed by atoms with Crippen molar-refractivity contribution in [1.29, 1.82) is 0 Å². The van der Waals surface area contributed by atoms with Gasteiger partial charge in [-0.1, -0.05) is 23.9 Å². The van der Waals surface area contributed by atoms with Crippen molar-refractivity contribution in [2.45, 2.75) is 37.5 Å². The molecule has 2 amide bonds. The zero-order chi connectivity index (χ0) is 20.1. The highest BCUT2D eigenvalue weighted by Crippen LogP contribution is 2.24. The third-order valence-corrected chi connectivity index (χ3v) is 5.97. The summed E-state index contributed by atoms with van der Waals surface area (Å²) in [6.07, 6.45) is 4.89. The number of thioether (sulfide) groups is 1. The van der Waals surface area contributed by atoms with Crippen LogP contribution in [0.15, 0.2) is 52.2 Å². The lowest BCUT2D eigenvalue weighted by atomic mass is 10.1. The summed E-state index contributed by atoms with van der Waals surface area (Å²) in [5, 5.41) is 3.52. The maximum Gasteiger partial charge on any atom is 0.242 e. The van der Waals surface area contributed by atoms with Crippen LogP contribution in [-0.4, -0.2) is 45.1 Å². The predicted octanol–water partition coefficient (Wildman–Crippen LogP) is 3.05. The van der Waals surface area contributed by atoms with Gasteiger partial charge in [-0.25, -0.2) is 4.98 Å². The number of benzene rings is 1. The summed E-state index contributed by atoms with van der Waals surface area (Å²) in [6, 6.07) is 11.4. The molecule has 7 nitrogen and oxygen atoms in total. The summed E-state index contributed by atoms with van der Waals surface area (Å²) >= 11 is 1.35. The normalized spacial score (nSPS) is 14.3. The lowest BCUT2D eigenvalue weighted by Gasteiger charge is -2.27. The molecule has 0 bridgehead atoms. The number of amides is 2. The van der Waals surface area contributed by atoms with Gasteiger partial charge in [0.1, 0.15) is 12.3 Å². The number of imidazole rings is 1. The van der Waals surface area contributed by atoms with Gasteiger partial charge in [-0.05, 0) is 43.5 Å². The van der Waals surface area contributed by atoms with E-state index >= 15 is 0 Å². The highest BCUT2D eigenvalue weighted by Gasteiger charge is 2.20. The molecule has 0 aliphatic carbocycles. The van der Waals surface area contributed by atoms with Crippen molar-refractivity contribution in [3.05, 3.63) is 48.4 Å². The van der Waals surface area contributed by atoms with E-state index in [2.05, 4.69) is 10.3 Å². The maximum atomic E-state index is 12.8. The molecule has 0 atom stereocenters. The van der Waals surface area contributed by atoms with Crippen LogP contribution in [0.25, 0.3) is 11.0 Å². The number of aromatic nitrogens is 2. The Balaban J connectivity index is 1.44. The highest BCUT2D eigenvalue weighted by molar-refractivity contribution is 7.99. The molecule has 0 saturated carbocycles. The molecule has 1 N–H and O–H groups in total. The number of fused-ring (bicyclic) bond motifs is 1. The van der Waals surface area contributed by atoms with Gasteiger partial charge < -0.3 is 19.2 Å². The molecule has 4 rings (SSSR count). The van der Waals surface area contributed by atoms with Gasteiger partial charge in [0.2, 0.25) is 11.8 Å². The molecule has 1 aliphatic heterocycles. The molecule has 29 heavy (non-hydrogen) atoms. The second-order valence-electron chi connectivity index (χ2n) is 7.06. The van der Waals surface area contributed by atoms with E-state index in [0.717, 1.165) is 37.0 Å². The SMILES string of the molecule is O=C(CSc1nc2ccccc2n1CC(=O)N1CCCCC1)NCc1ccco1. The van der Waals surface area contributed by atoms with Crippen LogP contribution in [-0.2, 0) is 22.7 Å². The van der Waals surface area contributed by atoms with Crippen LogP contribution in [0.2, 0.25) is 0 Å². The first kappa shape index (κ1) is 19.6. The molecule has 1 fully saturated rings. The smallest absolute Gasteiger partial charge is 0.242 e. The van der Waals surface area contributed by atoms with Gasteiger partial charge in [-0.2, -0.15) is 0 Å². The number of para-hydroxylation sites is 2. The Bertz CT molecular complexity index is 977. The first-order valence-electron chi connectivity index (χ1n) is 9.85. The number of hydrogen-bond acceptors (Lipinski definition) is 5. The Morgan fingerprint density at radius 3 is 2.72 bits per heavy atom. The van der Waals surface area contributed by atoms with Crippen LogP contribution in [0.3, 0.4) is 0 Å². The van der Waals surface area contributed by atoms with Gasteiger partial charge in [0.15, 0.2) is 5.16 Å². The van der Waals surface area contributed by atoms with Crippen LogP contribution in [0.1, 0.15) is 25.0 Å². The molecule has 0 radical (unpaired) electrons. The molecule has 1 aromatic carbocycles. The minimum absolute atomic E-state index is 0.104. The third-order valence-electron chi connectivity index (χ3n) is 4.99. The molecule has 3 aromatic rings. The quantitative estimate of drug-likeness (QED) is 0.604. The molecule has 0 spiro atoms. The summed E-state index contributed by atoms with van der Waals surface area (Å²) in [4.78, 5) is 31.6. The van der Waals surface area contributed by atoms with E-state index in [4.69, 9.17) is 4.42 Å². The summed E-state index contributed by atoms with van der Waals surface area (Å²) in [7, 11) is 0. The summed E-state index contributed by atoms with van der Waals surface area (Å²) in [5.74, 6) is 0.939. The van der Waals surface area contributed by atoms with E-state index in [1.807, 2.05) is 39.8 Å². The van der Waals surface area contributed by atoms with Crippen molar-refractivity contribution in [3.8, 4) is 0 Å². The molecule has 2 aromatic heterocycles. The topological polar surface area (TPSA) is 80.4 Å². The van der Waals surface area contributed by atoms with Crippen molar-refractivity contribution in [1.82, 2.24) is 19.8 Å². The van der Waals surface area contributed by atoms with Crippen LogP contribution < -0.4 is 5.32 Å². The summed E-state index contributed by atoms with van der Waals surface area (Å²) in [5.41, 5.74) is 1.74. The Morgan fingerprint density at radius 2 is 1.93 bits per heavy atom. The second-order valence-corrected chi connectivity index (χ2v) is 8.00. The zero-order valence-corrected chi connectivity index (χ0v) is 17.0. The number of piperidine rings is 1. The van der Waals surface area contributed by atoms with Gasteiger partial charge in [0.25, 0.3) is 0 Å². The van der Waals surface area contributed by atoms with Gasteiger partial charge in [-0.15, -0.1) is 0 Å². The van der Waals surface area contributed by atoms with Gasteiger partial charge >= 0.3 is 0 Å². The molecule has 1 aliphatic rings. The number of carbonyl (C=O) groups excluding carboxylic acids is 2. The fourth-order valence-electron chi connectivity index (χ4n) is 3.47. The Morgan fingerprint density at radius 1 is 1.10 bits per heavy atom. The fraction of sp³-hybridized carbons (Fsp3) is 0.381. The second kappa shape index (κ2) is 9.17. The number of nitrogens with one attached hydrogen (secondary N) is 1. The fourth-order valence-corrected chi connectivity index (χ4v) is 4.32. The predicted molar refractivity (Wildman–Crippen MR) is 111 cm³/mol. The first-order chi connectivity index (χ1) is 14.2. The molecular formula is C21H24N4O3S. The van der Waals surface area contributed by atoms with E-state index in [-0.39, 0.29) is 24.1 Å². The lowest BCUT2D eigenvalue weighted by molar-refractivity contribution is -0.132. The minimum Gasteiger partial charge on any atom is -0.467 e. The van der Waals surface area contributed by atoms with Crippen molar-refractivity contribution in [2.24, 2.45) is 0 Å². The number of nitrogens with zero attached hydrogens (tertiary/aromatic N) is 3. The molecule has 3 heterocycles. The molecular weight excluding hydrogens is 388 g/mol. The third kappa shape index (κ3) is 4.82. The summed E-state index contributed by atoms with van der Waals surface area (Å²) in [6.45, 7) is 2.25. The Labute approximate surface area is 173 Å². The molecule has 1 saturated heterocycles. The number of carbonyl (C=O) groups is 2. The van der Waals surface area contributed by atoms with E-state index in [1.165, 1.54) is 18.2 Å². The monoisotopic (exact) mass is 412 g/mol. The largest absolute Gasteiger partial charge is 0.467 e. The van der Waals surface area contributed by atoms with Gasteiger partial charge in [0, 0.05) is 13.1 Å². The number of likely N-dealkylation sites (tertiary alicyclic amines) is 1. The highest BCUT2D eigenvalue weighted by atomic mass is 32.2. The molecule has 152 valence electrons. The van der Waals surface area contributed by atoms with E-state index in [9.17, 15) is 9.59 Å². The number of furan rings is 1. The van der Waals surface area contributed by atoms with Crippen molar-refractivity contribution >= 4 is 34.6 Å². The van der Waals surface area contributed by atoms with Crippen molar-refractivity contribution in [2.75, 3.05) is 18.8 Å². The Hall–Kier alpha value is -2.74. The average Bonchev–Trinajstić information content (AvgIpc) is 3.39. The van der Waals surface area contributed by atoms with Crippen LogP contribution in [0.5, 0.6) is 0 Å². The van der Waals surface area contributed by atoms with Crippen molar-refractivity contribution < 1.29 is 14.0 Å². The van der Waals surface area contributed by atoms with E-state index in [0.29, 0.717) is 17.5 Å². The van der Waals surface area contributed by atoms with Crippen LogP contribution in [0.4, 0.5) is 0 Å². The van der Waals surface area contributed by atoms with Gasteiger partial charge in [-0.3, -0.25) is 9.59 Å².